The summed E-state index contributed by atoms with van der Waals surface area (Å²) in [5.74, 6) is -0.312. The molecule has 2 rings (SSSR count). The van der Waals surface area contributed by atoms with Crippen LogP contribution in [0.3, 0.4) is 0 Å². The van der Waals surface area contributed by atoms with E-state index >= 15 is 0 Å². The molecule has 19 heavy (non-hydrogen) atoms. The maximum Gasteiger partial charge on any atom is 0.259 e. The third-order valence-corrected chi connectivity index (χ3v) is 2.74. The van der Waals surface area contributed by atoms with Crippen molar-refractivity contribution in [1.82, 2.24) is 0 Å². The zero-order valence-electron chi connectivity index (χ0n) is 10.1. The Morgan fingerprint density at radius 1 is 1.21 bits per heavy atom. The van der Waals surface area contributed by atoms with Gasteiger partial charge in [0.25, 0.3) is 5.91 Å². The van der Waals surface area contributed by atoms with Gasteiger partial charge in [-0.15, -0.1) is 0 Å². The molecule has 1 amide bonds. The SMILES string of the molecule is COc1ccc(Cl)cc1C(=O)Nc1ccc(F)cc1. The van der Waals surface area contributed by atoms with E-state index in [2.05, 4.69) is 5.32 Å². The lowest BCUT2D eigenvalue weighted by Gasteiger charge is -2.09. The molecule has 0 aliphatic carbocycles. The number of anilines is 1. The standard InChI is InChI=1S/C14H11ClFNO2/c1-19-13-7-2-9(15)8-12(13)14(18)17-11-5-3-10(16)4-6-11/h2-8H,1H3,(H,17,18). The van der Waals surface area contributed by atoms with Crippen LogP contribution in [0.15, 0.2) is 42.5 Å². The van der Waals surface area contributed by atoms with Gasteiger partial charge in [-0.1, -0.05) is 11.6 Å². The van der Waals surface area contributed by atoms with E-state index in [-0.39, 0.29) is 11.7 Å². The van der Waals surface area contributed by atoms with Crippen LogP contribution in [-0.2, 0) is 0 Å². The van der Waals surface area contributed by atoms with Crippen LogP contribution in [0.5, 0.6) is 5.75 Å². The van der Waals surface area contributed by atoms with E-state index in [1.54, 1.807) is 12.1 Å². The molecule has 2 aromatic rings. The first-order chi connectivity index (χ1) is 9.10. The van der Waals surface area contributed by atoms with E-state index in [0.29, 0.717) is 22.0 Å². The third kappa shape index (κ3) is 3.23. The lowest BCUT2D eigenvalue weighted by Crippen LogP contribution is -2.13. The Morgan fingerprint density at radius 2 is 1.89 bits per heavy atom. The molecule has 2 aromatic carbocycles. The van der Waals surface area contributed by atoms with Crippen molar-refractivity contribution in [3.05, 3.63) is 58.9 Å². The van der Waals surface area contributed by atoms with Gasteiger partial charge in [0.2, 0.25) is 0 Å². The first-order valence-electron chi connectivity index (χ1n) is 5.50. The molecule has 0 heterocycles. The molecule has 3 nitrogen and oxygen atoms in total. The molecular formula is C14H11ClFNO2. The van der Waals surface area contributed by atoms with E-state index < -0.39 is 0 Å². The highest BCUT2D eigenvalue weighted by Crippen LogP contribution is 2.23. The summed E-state index contributed by atoms with van der Waals surface area (Å²) in [6, 6.07) is 10.3. The number of hydrogen-bond donors (Lipinski definition) is 1. The summed E-state index contributed by atoms with van der Waals surface area (Å²) in [4.78, 5) is 12.1. The summed E-state index contributed by atoms with van der Waals surface area (Å²) in [6.07, 6.45) is 0. The van der Waals surface area contributed by atoms with Crippen molar-refractivity contribution in [2.45, 2.75) is 0 Å². The van der Waals surface area contributed by atoms with Crippen molar-refractivity contribution in [1.29, 1.82) is 0 Å². The van der Waals surface area contributed by atoms with Gasteiger partial charge in [0.05, 0.1) is 12.7 Å². The number of hydrogen-bond acceptors (Lipinski definition) is 2. The quantitative estimate of drug-likeness (QED) is 0.929. The molecule has 0 aliphatic rings. The number of ether oxygens (including phenoxy) is 1. The predicted molar refractivity (Wildman–Crippen MR) is 72.4 cm³/mol. The molecule has 0 atom stereocenters. The lowest BCUT2D eigenvalue weighted by molar-refractivity contribution is 0.102. The maximum absolute atomic E-state index is 12.8. The summed E-state index contributed by atoms with van der Waals surface area (Å²) in [5.41, 5.74) is 0.813. The molecule has 0 saturated carbocycles. The van der Waals surface area contributed by atoms with Gasteiger partial charge < -0.3 is 10.1 Å². The first-order valence-corrected chi connectivity index (χ1v) is 5.88. The Morgan fingerprint density at radius 3 is 2.53 bits per heavy atom. The van der Waals surface area contributed by atoms with Gasteiger partial charge in [-0.2, -0.15) is 0 Å². The molecule has 0 radical (unpaired) electrons. The highest BCUT2D eigenvalue weighted by atomic mass is 35.5. The second kappa shape index (κ2) is 5.71. The van der Waals surface area contributed by atoms with Crippen molar-refractivity contribution in [3.63, 3.8) is 0 Å². The molecule has 0 spiro atoms. The van der Waals surface area contributed by atoms with Gasteiger partial charge in [0.15, 0.2) is 0 Å². The average molecular weight is 280 g/mol. The first kappa shape index (κ1) is 13.4. The second-order valence-electron chi connectivity index (χ2n) is 3.81. The summed E-state index contributed by atoms with van der Waals surface area (Å²) in [6.45, 7) is 0. The Labute approximate surface area is 115 Å². The van der Waals surface area contributed by atoms with Crippen molar-refractivity contribution in [2.75, 3.05) is 12.4 Å². The molecular weight excluding hydrogens is 269 g/mol. The van der Waals surface area contributed by atoms with E-state index in [0.717, 1.165) is 0 Å². The monoisotopic (exact) mass is 279 g/mol. The molecule has 0 unspecified atom stereocenters. The Hall–Kier alpha value is -2.07. The molecule has 0 aliphatic heterocycles. The van der Waals surface area contributed by atoms with E-state index in [1.807, 2.05) is 0 Å². The van der Waals surface area contributed by atoms with Gasteiger partial charge in [-0.3, -0.25) is 4.79 Å². The molecule has 1 N–H and O–H groups in total. The zero-order valence-corrected chi connectivity index (χ0v) is 10.9. The van der Waals surface area contributed by atoms with Crippen LogP contribution in [0.25, 0.3) is 0 Å². The number of carbonyl (C=O) groups is 1. The highest BCUT2D eigenvalue weighted by Gasteiger charge is 2.13. The van der Waals surface area contributed by atoms with Crippen LogP contribution in [0.1, 0.15) is 10.4 Å². The maximum atomic E-state index is 12.8. The molecule has 0 fully saturated rings. The molecule has 98 valence electrons. The molecule has 0 saturated heterocycles. The smallest absolute Gasteiger partial charge is 0.259 e. The zero-order chi connectivity index (χ0) is 13.8. The Kier molecular flexibility index (Phi) is 4.02. The largest absolute Gasteiger partial charge is 0.496 e. The van der Waals surface area contributed by atoms with Crippen molar-refractivity contribution in [2.24, 2.45) is 0 Å². The number of amides is 1. The van der Waals surface area contributed by atoms with Crippen molar-refractivity contribution >= 4 is 23.2 Å². The fourth-order valence-electron chi connectivity index (χ4n) is 1.59. The minimum atomic E-state index is -0.369. The topological polar surface area (TPSA) is 38.3 Å². The number of carbonyl (C=O) groups excluding carboxylic acids is 1. The van der Waals surface area contributed by atoms with E-state index in [4.69, 9.17) is 16.3 Å². The highest BCUT2D eigenvalue weighted by molar-refractivity contribution is 6.31. The third-order valence-electron chi connectivity index (χ3n) is 2.51. The summed E-state index contributed by atoms with van der Waals surface area (Å²) < 4.78 is 17.9. The molecule has 0 aromatic heterocycles. The van der Waals surface area contributed by atoms with Gasteiger partial charge in [-0.25, -0.2) is 4.39 Å². The minimum Gasteiger partial charge on any atom is -0.496 e. The summed E-state index contributed by atoms with van der Waals surface area (Å²) >= 11 is 5.86. The predicted octanol–water partition coefficient (Wildman–Crippen LogP) is 3.74. The van der Waals surface area contributed by atoms with Crippen LogP contribution >= 0.6 is 11.6 Å². The van der Waals surface area contributed by atoms with Crippen LogP contribution in [0, 0.1) is 5.82 Å². The molecule has 0 bridgehead atoms. The number of methoxy groups -OCH3 is 1. The number of nitrogens with one attached hydrogen (secondary N) is 1. The van der Waals surface area contributed by atoms with Crippen molar-refractivity contribution < 1.29 is 13.9 Å². The minimum absolute atomic E-state index is 0.319. The van der Waals surface area contributed by atoms with Crippen molar-refractivity contribution in [3.8, 4) is 5.75 Å². The van der Waals surface area contributed by atoms with E-state index in [1.165, 1.54) is 37.4 Å². The van der Waals surface area contributed by atoms with Gasteiger partial charge in [0.1, 0.15) is 11.6 Å². The van der Waals surface area contributed by atoms with Crippen LogP contribution in [-0.4, -0.2) is 13.0 Å². The lowest BCUT2D eigenvalue weighted by atomic mass is 10.2. The van der Waals surface area contributed by atoms with E-state index in [9.17, 15) is 9.18 Å². The van der Waals surface area contributed by atoms with Crippen LogP contribution in [0.2, 0.25) is 5.02 Å². The van der Waals surface area contributed by atoms with Gasteiger partial charge in [0, 0.05) is 10.7 Å². The molecule has 5 heteroatoms. The summed E-state index contributed by atoms with van der Waals surface area (Å²) in [5, 5.41) is 3.08. The van der Waals surface area contributed by atoms with Gasteiger partial charge in [-0.05, 0) is 42.5 Å². The Balaban J connectivity index is 2.24. The van der Waals surface area contributed by atoms with Gasteiger partial charge >= 0.3 is 0 Å². The summed E-state index contributed by atoms with van der Waals surface area (Å²) in [7, 11) is 1.47. The number of halogens is 2. The Bertz CT molecular complexity index is 599. The average Bonchev–Trinajstić information content (AvgIpc) is 2.41. The van der Waals surface area contributed by atoms with Crippen LogP contribution in [0.4, 0.5) is 10.1 Å². The second-order valence-corrected chi connectivity index (χ2v) is 4.24. The fraction of sp³-hybridized carbons (Fsp3) is 0.0714. The normalized spacial score (nSPS) is 10.1. The fourth-order valence-corrected chi connectivity index (χ4v) is 1.76. The van der Waals surface area contributed by atoms with Crippen LogP contribution < -0.4 is 10.1 Å². The number of benzene rings is 2. The number of rotatable bonds is 3.